The molecular formula is C20H20N4O4. The predicted octanol–water partition coefficient (Wildman–Crippen LogP) is 2.49. The Hall–Kier alpha value is -3.39. The quantitative estimate of drug-likeness (QED) is 0.524. The summed E-state index contributed by atoms with van der Waals surface area (Å²) in [5.41, 5.74) is 4.21. The molecule has 0 saturated carbocycles. The SMILES string of the molecule is CCCn1c(CN2C(=O)COc3ccc(C(=O)NO)cc32)nc2ccccc21. The van der Waals surface area contributed by atoms with E-state index in [2.05, 4.69) is 11.5 Å². The van der Waals surface area contributed by atoms with Crippen molar-refractivity contribution in [1.82, 2.24) is 15.0 Å². The average Bonchev–Trinajstić information content (AvgIpc) is 3.07. The lowest BCUT2D eigenvalue weighted by atomic mass is 10.1. The van der Waals surface area contributed by atoms with Crippen molar-refractivity contribution in [3.63, 3.8) is 0 Å². The lowest BCUT2D eigenvalue weighted by Crippen LogP contribution is -2.39. The average molecular weight is 380 g/mol. The molecular weight excluding hydrogens is 360 g/mol. The van der Waals surface area contributed by atoms with E-state index in [0.717, 1.165) is 29.8 Å². The van der Waals surface area contributed by atoms with E-state index in [4.69, 9.17) is 14.9 Å². The summed E-state index contributed by atoms with van der Waals surface area (Å²) in [6, 6.07) is 12.5. The number of hydrogen-bond acceptors (Lipinski definition) is 5. The van der Waals surface area contributed by atoms with E-state index in [9.17, 15) is 9.59 Å². The van der Waals surface area contributed by atoms with E-state index in [0.29, 0.717) is 11.4 Å². The molecule has 0 spiro atoms. The van der Waals surface area contributed by atoms with Crippen molar-refractivity contribution in [2.75, 3.05) is 11.5 Å². The Morgan fingerprint density at radius 1 is 1.29 bits per heavy atom. The van der Waals surface area contributed by atoms with Gasteiger partial charge in [0.1, 0.15) is 11.6 Å². The Labute approximate surface area is 161 Å². The maximum absolute atomic E-state index is 12.6. The maximum atomic E-state index is 12.6. The highest BCUT2D eigenvalue weighted by molar-refractivity contribution is 6.01. The third-order valence-corrected chi connectivity index (χ3v) is 4.75. The molecule has 28 heavy (non-hydrogen) atoms. The first kappa shape index (κ1) is 18.0. The molecule has 1 aliphatic rings. The molecule has 4 rings (SSSR count). The smallest absolute Gasteiger partial charge is 0.274 e. The van der Waals surface area contributed by atoms with Crippen molar-refractivity contribution in [2.45, 2.75) is 26.4 Å². The van der Waals surface area contributed by atoms with E-state index in [1.807, 2.05) is 24.3 Å². The molecule has 8 nitrogen and oxygen atoms in total. The number of nitrogens with one attached hydrogen (secondary N) is 1. The van der Waals surface area contributed by atoms with Gasteiger partial charge < -0.3 is 9.30 Å². The largest absolute Gasteiger partial charge is 0.482 e. The number of nitrogens with zero attached hydrogens (tertiary/aromatic N) is 3. The molecule has 0 bridgehead atoms. The van der Waals surface area contributed by atoms with Crippen LogP contribution in [0.25, 0.3) is 11.0 Å². The van der Waals surface area contributed by atoms with Gasteiger partial charge in [0, 0.05) is 12.1 Å². The van der Waals surface area contributed by atoms with Crippen molar-refractivity contribution in [2.24, 2.45) is 0 Å². The number of amides is 2. The minimum atomic E-state index is -0.654. The summed E-state index contributed by atoms with van der Waals surface area (Å²) in [6.45, 7) is 3.06. The second kappa shape index (κ2) is 7.32. The maximum Gasteiger partial charge on any atom is 0.274 e. The zero-order valence-electron chi connectivity index (χ0n) is 15.4. The van der Waals surface area contributed by atoms with Crippen LogP contribution < -0.4 is 15.1 Å². The second-order valence-corrected chi connectivity index (χ2v) is 6.56. The first-order chi connectivity index (χ1) is 13.6. The van der Waals surface area contributed by atoms with Gasteiger partial charge in [-0.25, -0.2) is 10.5 Å². The summed E-state index contributed by atoms with van der Waals surface area (Å²) in [5, 5.41) is 8.90. The molecule has 0 saturated heterocycles. The molecule has 2 N–H and O–H groups in total. The number of rotatable bonds is 5. The summed E-state index contributed by atoms with van der Waals surface area (Å²) < 4.78 is 7.61. The van der Waals surface area contributed by atoms with Crippen LogP contribution in [0.4, 0.5) is 5.69 Å². The lowest BCUT2D eigenvalue weighted by Gasteiger charge is -2.29. The zero-order valence-corrected chi connectivity index (χ0v) is 15.4. The number of imidazole rings is 1. The fourth-order valence-electron chi connectivity index (χ4n) is 3.44. The van der Waals surface area contributed by atoms with Crippen molar-refractivity contribution in [1.29, 1.82) is 0 Å². The summed E-state index contributed by atoms with van der Waals surface area (Å²) in [7, 11) is 0. The topological polar surface area (TPSA) is 96.7 Å². The number of fused-ring (bicyclic) bond motifs is 2. The van der Waals surface area contributed by atoms with E-state index < -0.39 is 5.91 Å². The summed E-state index contributed by atoms with van der Waals surface area (Å²) in [4.78, 5) is 30.7. The Kier molecular flexibility index (Phi) is 4.70. The Morgan fingerprint density at radius 2 is 2.11 bits per heavy atom. The van der Waals surface area contributed by atoms with E-state index in [-0.39, 0.29) is 24.6 Å². The van der Waals surface area contributed by atoms with E-state index in [1.165, 1.54) is 12.1 Å². The van der Waals surface area contributed by atoms with Crippen LogP contribution in [-0.4, -0.2) is 33.2 Å². The number of ether oxygens (including phenoxy) is 1. The number of aryl methyl sites for hydroxylation is 1. The second-order valence-electron chi connectivity index (χ2n) is 6.56. The molecule has 0 fully saturated rings. The minimum Gasteiger partial charge on any atom is -0.482 e. The van der Waals surface area contributed by atoms with Crippen LogP contribution in [0.15, 0.2) is 42.5 Å². The highest BCUT2D eigenvalue weighted by Crippen LogP contribution is 2.34. The monoisotopic (exact) mass is 380 g/mol. The molecule has 0 unspecified atom stereocenters. The normalized spacial score (nSPS) is 13.4. The number of hydrogen-bond donors (Lipinski definition) is 2. The molecule has 2 amide bonds. The highest BCUT2D eigenvalue weighted by Gasteiger charge is 2.28. The van der Waals surface area contributed by atoms with Crippen molar-refractivity contribution in [3.8, 4) is 5.75 Å². The number of para-hydroxylation sites is 2. The number of carbonyl (C=O) groups excluding carboxylic acids is 2. The van der Waals surface area contributed by atoms with E-state index >= 15 is 0 Å². The standard InChI is InChI=1S/C20H20N4O4/c1-2-9-23-15-6-4-3-5-14(15)21-18(23)11-24-16-10-13(20(26)22-27)7-8-17(16)28-12-19(24)25/h3-8,10,27H,2,9,11-12H2,1H3,(H,22,26). The van der Waals surface area contributed by atoms with Crippen LogP contribution in [-0.2, 0) is 17.9 Å². The third-order valence-electron chi connectivity index (χ3n) is 4.75. The van der Waals surface area contributed by atoms with Crippen LogP contribution in [0.1, 0.15) is 29.5 Å². The van der Waals surface area contributed by atoms with Crippen LogP contribution in [0.2, 0.25) is 0 Å². The van der Waals surface area contributed by atoms with Gasteiger partial charge in [0.15, 0.2) is 6.61 Å². The van der Waals surface area contributed by atoms with Gasteiger partial charge in [-0.2, -0.15) is 0 Å². The van der Waals surface area contributed by atoms with Crippen molar-refractivity contribution in [3.05, 3.63) is 53.9 Å². The molecule has 1 aromatic heterocycles. The van der Waals surface area contributed by atoms with Crippen molar-refractivity contribution >= 4 is 28.5 Å². The van der Waals surface area contributed by atoms with Crippen LogP contribution >= 0.6 is 0 Å². The van der Waals surface area contributed by atoms with Gasteiger partial charge in [0.05, 0.1) is 23.3 Å². The molecule has 2 heterocycles. The molecule has 0 aliphatic carbocycles. The lowest BCUT2D eigenvalue weighted by molar-refractivity contribution is -0.121. The molecule has 1 aliphatic heterocycles. The van der Waals surface area contributed by atoms with Crippen LogP contribution in [0, 0.1) is 0 Å². The summed E-state index contributed by atoms with van der Waals surface area (Å²) in [6.07, 6.45) is 0.932. The fraction of sp³-hybridized carbons (Fsp3) is 0.250. The summed E-state index contributed by atoms with van der Waals surface area (Å²) in [5.74, 6) is 0.400. The molecule has 0 radical (unpaired) electrons. The molecule has 8 heteroatoms. The molecule has 144 valence electrons. The van der Waals surface area contributed by atoms with Gasteiger partial charge in [-0.3, -0.25) is 19.7 Å². The van der Waals surface area contributed by atoms with Gasteiger partial charge in [0.2, 0.25) is 0 Å². The van der Waals surface area contributed by atoms with Gasteiger partial charge in [-0.05, 0) is 36.8 Å². The number of benzene rings is 2. The Balaban J connectivity index is 1.76. The number of carbonyl (C=O) groups is 2. The molecule has 0 atom stereocenters. The first-order valence-corrected chi connectivity index (χ1v) is 9.08. The van der Waals surface area contributed by atoms with Crippen LogP contribution in [0.5, 0.6) is 5.75 Å². The number of hydroxylamine groups is 1. The Morgan fingerprint density at radius 3 is 2.89 bits per heavy atom. The molecule has 2 aromatic carbocycles. The van der Waals surface area contributed by atoms with Crippen LogP contribution in [0.3, 0.4) is 0 Å². The minimum absolute atomic E-state index is 0.0768. The first-order valence-electron chi connectivity index (χ1n) is 9.08. The van der Waals surface area contributed by atoms with Gasteiger partial charge in [-0.15, -0.1) is 0 Å². The van der Waals surface area contributed by atoms with Crippen molar-refractivity contribution < 1.29 is 19.5 Å². The number of anilines is 1. The fourth-order valence-corrected chi connectivity index (χ4v) is 3.44. The highest BCUT2D eigenvalue weighted by atomic mass is 16.5. The Bertz CT molecular complexity index is 1060. The van der Waals surface area contributed by atoms with Gasteiger partial charge in [-0.1, -0.05) is 19.1 Å². The third kappa shape index (κ3) is 3.07. The van der Waals surface area contributed by atoms with E-state index in [1.54, 1.807) is 16.4 Å². The zero-order chi connectivity index (χ0) is 19.7. The summed E-state index contributed by atoms with van der Waals surface area (Å²) >= 11 is 0. The molecule has 3 aromatic rings. The number of aromatic nitrogens is 2. The predicted molar refractivity (Wildman–Crippen MR) is 102 cm³/mol. The van der Waals surface area contributed by atoms with Gasteiger partial charge >= 0.3 is 0 Å². The van der Waals surface area contributed by atoms with Gasteiger partial charge in [0.25, 0.3) is 11.8 Å².